The van der Waals surface area contributed by atoms with Crippen LogP contribution in [0, 0.1) is 17.1 Å². The van der Waals surface area contributed by atoms with Crippen molar-refractivity contribution in [3.05, 3.63) is 77.9 Å². The van der Waals surface area contributed by atoms with Gasteiger partial charge in [-0.05, 0) is 74.8 Å². The molecule has 2 aromatic carbocycles. The van der Waals surface area contributed by atoms with Gasteiger partial charge in [0, 0.05) is 29.7 Å². The average molecular weight is 500 g/mol. The van der Waals surface area contributed by atoms with E-state index in [0.29, 0.717) is 29.8 Å². The first kappa shape index (κ1) is 26.6. The van der Waals surface area contributed by atoms with E-state index >= 15 is 0 Å². The number of alkyl halides is 3. The van der Waals surface area contributed by atoms with Gasteiger partial charge in [0.25, 0.3) is 0 Å². The number of nitrogens with one attached hydrogen (secondary N) is 2. The van der Waals surface area contributed by atoms with Crippen molar-refractivity contribution in [2.75, 3.05) is 18.5 Å². The summed E-state index contributed by atoms with van der Waals surface area (Å²) in [6.45, 7) is 3.79. The number of hydrogen-bond donors (Lipinski definition) is 2. The van der Waals surface area contributed by atoms with Gasteiger partial charge in [-0.15, -0.1) is 0 Å². The van der Waals surface area contributed by atoms with Crippen LogP contribution in [-0.2, 0) is 11.0 Å². The summed E-state index contributed by atoms with van der Waals surface area (Å²) in [5, 5.41) is 14.4. The molecule has 0 radical (unpaired) electrons. The molecule has 0 bridgehead atoms. The molecule has 0 spiro atoms. The van der Waals surface area contributed by atoms with Crippen molar-refractivity contribution in [1.82, 2.24) is 10.3 Å². The molecule has 0 saturated carbocycles. The van der Waals surface area contributed by atoms with Crippen molar-refractivity contribution in [2.45, 2.75) is 32.0 Å². The smallest absolute Gasteiger partial charge is 0.417 e. The Balaban J connectivity index is 1.49. The maximum Gasteiger partial charge on any atom is 0.417 e. The highest BCUT2D eigenvalue weighted by molar-refractivity contribution is 5.97. The molecular weight excluding hydrogens is 476 g/mol. The average Bonchev–Trinajstić information content (AvgIpc) is 2.83. The Labute approximate surface area is 205 Å². The van der Waals surface area contributed by atoms with E-state index in [1.54, 1.807) is 50.5 Å². The summed E-state index contributed by atoms with van der Waals surface area (Å²) < 4.78 is 59.5. The van der Waals surface area contributed by atoms with Gasteiger partial charge in [0.1, 0.15) is 11.6 Å². The largest absolute Gasteiger partial charge is 0.493 e. The van der Waals surface area contributed by atoms with Gasteiger partial charge in [-0.3, -0.25) is 9.78 Å². The van der Waals surface area contributed by atoms with Crippen molar-refractivity contribution in [1.29, 1.82) is 5.26 Å². The minimum atomic E-state index is -4.72. The van der Waals surface area contributed by atoms with E-state index < -0.39 is 34.6 Å². The van der Waals surface area contributed by atoms with Crippen LogP contribution in [0.25, 0.3) is 11.1 Å². The van der Waals surface area contributed by atoms with Crippen LogP contribution in [0.1, 0.15) is 31.4 Å². The first-order valence-electron chi connectivity index (χ1n) is 11.0. The first-order valence-corrected chi connectivity index (χ1v) is 11.0. The Hall–Kier alpha value is -3.97. The third-order valence-electron chi connectivity index (χ3n) is 5.36. The summed E-state index contributed by atoms with van der Waals surface area (Å²) in [6.07, 6.45) is -1.07. The lowest BCUT2D eigenvalue weighted by Crippen LogP contribution is -2.50. The molecule has 0 saturated heterocycles. The molecule has 0 aliphatic heterocycles. The fourth-order valence-corrected chi connectivity index (χ4v) is 3.34. The molecule has 36 heavy (non-hydrogen) atoms. The normalized spacial score (nSPS) is 11.6. The van der Waals surface area contributed by atoms with Gasteiger partial charge < -0.3 is 15.4 Å². The van der Waals surface area contributed by atoms with Crippen LogP contribution in [-0.4, -0.2) is 29.6 Å². The van der Waals surface area contributed by atoms with Gasteiger partial charge >= 0.3 is 6.18 Å². The van der Waals surface area contributed by atoms with E-state index in [4.69, 9.17) is 10.00 Å². The fraction of sp³-hybridized carbons (Fsp3) is 0.269. The molecule has 0 unspecified atom stereocenters. The molecule has 1 aromatic heterocycles. The summed E-state index contributed by atoms with van der Waals surface area (Å²) in [5.74, 6) is -0.607. The number of anilines is 1. The van der Waals surface area contributed by atoms with Crippen LogP contribution in [0.3, 0.4) is 0 Å². The number of pyridine rings is 1. The molecule has 0 aliphatic carbocycles. The highest BCUT2D eigenvalue weighted by Crippen LogP contribution is 2.33. The van der Waals surface area contributed by atoms with Crippen molar-refractivity contribution in [3.63, 3.8) is 0 Å². The molecule has 0 aliphatic rings. The molecular formula is C26H24F4N4O2. The standard InChI is InChI=1S/C26H24F4N4O2/c1-25(2,24(35)34-19-5-4-18(16-31)22(14-19)26(28,29)30)33-10-3-13-36-20-6-7-21(23(27)15-20)17-8-11-32-12-9-17/h4-9,11-12,14-15,33H,3,10,13H2,1-2H3,(H,34,35). The molecule has 3 aromatic rings. The van der Waals surface area contributed by atoms with Gasteiger partial charge in [0.05, 0.1) is 29.3 Å². The number of amides is 1. The van der Waals surface area contributed by atoms with E-state index in [1.807, 2.05) is 0 Å². The number of nitrogens with zero attached hydrogens (tertiary/aromatic N) is 2. The second kappa shape index (κ2) is 11.2. The number of rotatable bonds is 9. The van der Waals surface area contributed by atoms with Gasteiger partial charge in [-0.2, -0.15) is 18.4 Å². The third-order valence-corrected chi connectivity index (χ3v) is 5.36. The molecule has 1 heterocycles. The van der Waals surface area contributed by atoms with E-state index in [9.17, 15) is 22.4 Å². The van der Waals surface area contributed by atoms with Crippen LogP contribution < -0.4 is 15.4 Å². The number of carbonyl (C=O) groups excluding carboxylic acids is 1. The summed E-state index contributed by atoms with van der Waals surface area (Å²) in [5.41, 5.74) is -1.68. The fourth-order valence-electron chi connectivity index (χ4n) is 3.34. The Morgan fingerprint density at radius 3 is 2.44 bits per heavy atom. The lowest BCUT2D eigenvalue weighted by atomic mass is 10.0. The van der Waals surface area contributed by atoms with Gasteiger partial charge in [0.15, 0.2) is 0 Å². The molecule has 6 nitrogen and oxygen atoms in total. The zero-order valence-electron chi connectivity index (χ0n) is 19.6. The quantitative estimate of drug-likeness (QED) is 0.297. The van der Waals surface area contributed by atoms with Gasteiger partial charge in [0.2, 0.25) is 5.91 Å². The highest BCUT2D eigenvalue weighted by atomic mass is 19.4. The van der Waals surface area contributed by atoms with Gasteiger partial charge in [-0.1, -0.05) is 0 Å². The van der Waals surface area contributed by atoms with Crippen LogP contribution >= 0.6 is 0 Å². The van der Waals surface area contributed by atoms with Crippen LogP contribution in [0.5, 0.6) is 5.75 Å². The predicted molar refractivity (Wildman–Crippen MR) is 127 cm³/mol. The summed E-state index contributed by atoms with van der Waals surface area (Å²) >= 11 is 0. The number of nitriles is 1. The zero-order chi connectivity index (χ0) is 26.3. The monoisotopic (exact) mass is 500 g/mol. The maximum absolute atomic E-state index is 14.4. The van der Waals surface area contributed by atoms with Crippen LogP contribution in [0.4, 0.5) is 23.2 Å². The number of carbonyl (C=O) groups is 1. The number of ether oxygens (including phenoxy) is 1. The highest BCUT2D eigenvalue weighted by Gasteiger charge is 2.34. The molecule has 3 rings (SSSR count). The SMILES string of the molecule is CC(C)(NCCCOc1ccc(-c2ccncc2)c(F)c1)C(=O)Nc1ccc(C#N)c(C(F)(F)F)c1. The number of benzene rings is 2. The zero-order valence-corrected chi connectivity index (χ0v) is 19.6. The Morgan fingerprint density at radius 2 is 1.81 bits per heavy atom. The third kappa shape index (κ3) is 6.79. The predicted octanol–water partition coefficient (Wildman–Crippen LogP) is 5.55. The van der Waals surface area contributed by atoms with Crippen molar-refractivity contribution >= 4 is 11.6 Å². The lowest BCUT2D eigenvalue weighted by molar-refractivity contribution is -0.137. The topological polar surface area (TPSA) is 87.0 Å². The Kier molecular flexibility index (Phi) is 8.27. The second-order valence-corrected chi connectivity index (χ2v) is 8.46. The lowest BCUT2D eigenvalue weighted by Gasteiger charge is -2.25. The minimum Gasteiger partial charge on any atom is -0.493 e. The number of aromatic nitrogens is 1. The molecule has 0 atom stereocenters. The van der Waals surface area contributed by atoms with E-state index in [0.717, 1.165) is 12.1 Å². The summed E-state index contributed by atoms with van der Waals surface area (Å²) in [4.78, 5) is 16.5. The van der Waals surface area contributed by atoms with Crippen LogP contribution in [0.2, 0.25) is 0 Å². The summed E-state index contributed by atoms with van der Waals surface area (Å²) in [6, 6.07) is 12.5. The summed E-state index contributed by atoms with van der Waals surface area (Å²) in [7, 11) is 0. The van der Waals surface area contributed by atoms with E-state index in [1.165, 1.54) is 18.2 Å². The number of halogens is 4. The second-order valence-electron chi connectivity index (χ2n) is 8.46. The van der Waals surface area contributed by atoms with Crippen LogP contribution in [0.15, 0.2) is 60.9 Å². The van der Waals surface area contributed by atoms with Crippen molar-refractivity contribution < 1.29 is 27.1 Å². The van der Waals surface area contributed by atoms with Gasteiger partial charge in [-0.25, -0.2) is 4.39 Å². The Morgan fingerprint density at radius 1 is 1.08 bits per heavy atom. The minimum absolute atomic E-state index is 0.0678. The molecule has 188 valence electrons. The molecule has 1 amide bonds. The number of hydrogen-bond acceptors (Lipinski definition) is 5. The van der Waals surface area contributed by atoms with E-state index in [2.05, 4.69) is 15.6 Å². The van der Waals surface area contributed by atoms with Crippen molar-refractivity contribution in [3.8, 4) is 22.9 Å². The molecule has 0 fully saturated rings. The maximum atomic E-state index is 14.4. The molecule has 2 N–H and O–H groups in total. The Bertz CT molecular complexity index is 1260. The first-order chi connectivity index (χ1) is 17.0. The van der Waals surface area contributed by atoms with Crippen molar-refractivity contribution in [2.24, 2.45) is 0 Å². The molecule has 10 heteroatoms. The van der Waals surface area contributed by atoms with E-state index in [-0.39, 0.29) is 12.3 Å².